The smallest absolute Gasteiger partial charge is 0.272 e. The molecule has 0 fully saturated rings. The van der Waals surface area contributed by atoms with E-state index in [-0.39, 0.29) is 11.5 Å². The molecule has 0 unspecified atom stereocenters. The molecule has 0 radical (unpaired) electrons. The van der Waals surface area contributed by atoms with Crippen LogP contribution >= 0.6 is 23.1 Å². The monoisotopic (exact) mass is 479 g/mol. The summed E-state index contributed by atoms with van der Waals surface area (Å²) in [5, 5.41) is 4.96. The number of hydrogen-bond acceptors (Lipinski definition) is 6. The van der Waals surface area contributed by atoms with Crippen LogP contribution in [0.3, 0.4) is 0 Å². The molecule has 4 rings (SSSR count). The zero-order chi connectivity index (χ0) is 23.4. The van der Waals surface area contributed by atoms with E-state index in [9.17, 15) is 9.59 Å². The van der Waals surface area contributed by atoms with Gasteiger partial charge in [-0.15, -0.1) is 11.3 Å². The van der Waals surface area contributed by atoms with E-state index in [1.807, 2.05) is 67.8 Å². The van der Waals surface area contributed by atoms with Crippen molar-refractivity contribution in [2.45, 2.75) is 37.2 Å². The summed E-state index contributed by atoms with van der Waals surface area (Å²) in [7, 11) is 1.59. The van der Waals surface area contributed by atoms with Crippen LogP contribution in [0.2, 0.25) is 0 Å². The molecule has 33 heavy (non-hydrogen) atoms. The molecule has 1 amide bonds. The standard InChI is InChI=1S/C25H25N3O3S2/c1-4-21(23(29)26-18-6-5-7-19(14-18)31-3)33-25-27-20-12-13-32-22(20)24(30)28(25)15-17-10-8-16(2)9-11-17/h5-14,21H,4,15H2,1-3H3,(H,26,29)/t21-/m0/s1. The van der Waals surface area contributed by atoms with Crippen molar-refractivity contribution in [2.24, 2.45) is 0 Å². The van der Waals surface area contributed by atoms with E-state index in [2.05, 4.69) is 5.32 Å². The summed E-state index contributed by atoms with van der Waals surface area (Å²) in [6.07, 6.45) is 0.586. The van der Waals surface area contributed by atoms with Gasteiger partial charge in [-0.1, -0.05) is 54.6 Å². The second-order valence-electron chi connectivity index (χ2n) is 7.64. The minimum absolute atomic E-state index is 0.0823. The van der Waals surface area contributed by atoms with Gasteiger partial charge in [-0.05, 0) is 42.5 Å². The lowest BCUT2D eigenvalue weighted by molar-refractivity contribution is -0.115. The summed E-state index contributed by atoms with van der Waals surface area (Å²) in [5.41, 5.74) is 3.41. The zero-order valence-corrected chi connectivity index (χ0v) is 20.3. The maximum atomic E-state index is 13.3. The van der Waals surface area contributed by atoms with Crippen LogP contribution in [-0.4, -0.2) is 27.8 Å². The number of fused-ring (bicyclic) bond motifs is 1. The lowest BCUT2D eigenvalue weighted by Crippen LogP contribution is -2.28. The number of aryl methyl sites for hydroxylation is 1. The van der Waals surface area contributed by atoms with Gasteiger partial charge in [0.25, 0.3) is 5.56 Å². The van der Waals surface area contributed by atoms with Crippen molar-refractivity contribution in [1.82, 2.24) is 9.55 Å². The van der Waals surface area contributed by atoms with Gasteiger partial charge in [-0.2, -0.15) is 0 Å². The fourth-order valence-electron chi connectivity index (χ4n) is 3.40. The molecule has 0 saturated carbocycles. The van der Waals surface area contributed by atoms with E-state index in [0.717, 1.165) is 11.1 Å². The first-order valence-electron chi connectivity index (χ1n) is 10.6. The average molecular weight is 480 g/mol. The van der Waals surface area contributed by atoms with Crippen LogP contribution in [0.4, 0.5) is 5.69 Å². The van der Waals surface area contributed by atoms with Crippen LogP contribution in [0, 0.1) is 6.92 Å². The normalized spacial score (nSPS) is 12.0. The van der Waals surface area contributed by atoms with Crippen LogP contribution < -0.4 is 15.6 Å². The van der Waals surface area contributed by atoms with Gasteiger partial charge in [0.15, 0.2) is 5.16 Å². The van der Waals surface area contributed by atoms with Crippen LogP contribution in [-0.2, 0) is 11.3 Å². The number of nitrogens with one attached hydrogen (secondary N) is 1. The number of ether oxygens (including phenoxy) is 1. The first-order chi connectivity index (χ1) is 16.0. The highest BCUT2D eigenvalue weighted by atomic mass is 32.2. The van der Waals surface area contributed by atoms with Gasteiger partial charge in [-0.3, -0.25) is 14.2 Å². The highest BCUT2D eigenvalue weighted by Crippen LogP contribution is 2.28. The van der Waals surface area contributed by atoms with Crippen molar-refractivity contribution in [3.63, 3.8) is 0 Å². The van der Waals surface area contributed by atoms with Gasteiger partial charge >= 0.3 is 0 Å². The third kappa shape index (κ3) is 5.29. The first-order valence-corrected chi connectivity index (χ1v) is 12.4. The van der Waals surface area contributed by atoms with Crippen molar-refractivity contribution >= 4 is 44.9 Å². The van der Waals surface area contributed by atoms with Gasteiger partial charge in [0.05, 0.1) is 24.4 Å². The Morgan fingerprint density at radius 1 is 1.21 bits per heavy atom. The lowest BCUT2D eigenvalue weighted by atomic mass is 10.1. The molecule has 6 nitrogen and oxygen atoms in total. The minimum Gasteiger partial charge on any atom is -0.497 e. The van der Waals surface area contributed by atoms with E-state index in [0.29, 0.717) is 39.8 Å². The van der Waals surface area contributed by atoms with Crippen molar-refractivity contribution in [3.8, 4) is 5.75 Å². The van der Waals surface area contributed by atoms with Crippen LogP contribution in [0.15, 0.2) is 69.9 Å². The Hall–Kier alpha value is -3.10. The molecule has 2 heterocycles. The number of benzene rings is 2. The molecule has 0 saturated heterocycles. The molecule has 4 aromatic rings. The van der Waals surface area contributed by atoms with Gasteiger partial charge < -0.3 is 10.1 Å². The fraction of sp³-hybridized carbons (Fsp3) is 0.240. The second-order valence-corrected chi connectivity index (χ2v) is 9.73. The zero-order valence-electron chi connectivity index (χ0n) is 18.7. The number of nitrogens with zero attached hydrogens (tertiary/aromatic N) is 2. The van der Waals surface area contributed by atoms with Crippen LogP contribution in [0.1, 0.15) is 24.5 Å². The quantitative estimate of drug-likeness (QED) is 0.273. The molecular formula is C25H25N3O3S2. The third-order valence-electron chi connectivity index (χ3n) is 5.24. The number of thiophene rings is 1. The Kier molecular flexibility index (Phi) is 7.15. The van der Waals surface area contributed by atoms with Gasteiger partial charge in [-0.25, -0.2) is 4.98 Å². The Morgan fingerprint density at radius 3 is 2.73 bits per heavy atom. The highest BCUT2D eigenvalue weighted by molar-refractivity contribution is 8.00. The molecule has 8 heteroatoms. The first kappa shape index (κ1) is 23.1. The topological polar surface area (TPSA) is 73.2 Å². The number of rotatable bonds is 8. The summed E-state index contributed by atoms with van der Waals surface area (Å²) >= 11 is 2.71. The summed E-state index contributed by atoms with van der Waals surface area (Å²) < 4.78 is 7.54. The molecule has 0 aliphatic rings. The Labute approximate surface area is 200 Å². The molecule has 170 valence electrons. The molecule has 1 atom stereocenters. The summed E-state index contributed by atoms with van der Waals surface area (Å²) in [5.74, 6) is 0.530. The average Bonchev–Trinajstić information content (AvgIpc) is 3.30. The summed E-state index contributed by atoms with van der Waals surface area (Å²) in [4.78, 5) is 31.1. The van der Waals surface area contributed by atoms with Crippen molar-refractivity contribution in [2.75, 3.05) is 12.4 Å². The molecule has 2 aromatic heterocycles. The van der Waals surface area contributed by atoms with Crippen LogP contribution in [0.25, 0.3) is 10.2 Å². The molecule has 1 N–H and O–H groups in total. The Balaban J connectivity index is 1.64. The number of thioether (sulfide) groups is 1. The number of anilines is 1. The molecule has 0 bridgehead atoms. The Morgan fingerprint density at radius 2 is 2.00 bits per heavy atom. The highest BCUT2D eigenvalue weighted by Gasteiger charge is 2.23. The lowest BCUT2D eigenvalue weighted by Gasteiger charge is -2.18. The van der Waals surface area contributed by atoms with Crippen molar-refractivity contribution in [3.05, 3.63) is 81.5 Å². The van der Waals surface area contributed by atoms with Gasteiger partial charge in [0.2, 0.25) is 5.91 Å². The number of carbonyl (C=O) groups excluding carboxylic acids is 1. The van der Waals surface area contributed by atoms with E-state index >= 15 is 0 Å². The largest absolute Gasteiger partial charge is 0.497 e. The van der Waals surface area contributed by atoms with Crippen molar-refractivity contribution in [1.29, 1.82) is 0 Å². The summed E-state index contributed by atoms with van der Waals surface area (Å²) in [6, 6.07) is 17.2. The van der Waals surface area contributed by atoms with E-state index in [1.165, 1.54) is 23.1 Å². The maximum absolute atomic E-state index is 13.3. The minimum atomic E-state index is -0.413. The maximum Gasteiger partial charge on any atom is 0.272 e. The number of carbonyl (C=O) groups is 1. The number of aromatic nitrogens is 2. The predicted octanol–water partition coefficient (Wildman–Crippen LogP) is 5.33. The molecular weight excluding hydrogens is 454 g/mol. The fourth-order valence-corrected chi connectivity index (χ4v) is 5.19. The SMILES string of the molecule is CC[C@H](Sc1nc2ccsc2c(=O)n1Cc1ccc(C)cc1)C(=O)Nc1cccc(OC)c1. The van der Waals surface area contributed by atoms with Gasteiger partial charge in [0, 0.05) is 11.8 Å². The van der Waals surface area contributed by atoms with Gasteiger partial charge in [0.1, 0.15) is 10.4 Å². The summed E-state index contributed by atoms with van der Waals surface area (Å²) in [6.45, 7) is 4.38. The van der Waals surface area contributed by atoms with Crippen molar-refractivity contribution < 1.29 is 9.53 Å². The van der Waals surface area contributed by atoms with E-state index in [1.54, 1.807) is 17.7 Å². The number of hydrogen-bond donors (Lipinski definition) is 1. The number of methoxy groups -OCH3 is 1. The van der Waals surface area contributed by atoms with Crippen LogP contribution in [0.5, 0.6) is 5.75 Å². The Bertz CT molecular complexity index is 1330. The molecule has 0 aliphatic heterocycles. The second kappa shape index (κ2) is 10.2. The number of amides is 1. The third-order valence-corrected chi connectivity index (χ3v) is 7.49. The van der Waals surface area contributed by atoms with E-state index < -0.39 is 5.25 Å². The molecule has 0 aliphatic carbocycles. The molecule has 0 spiro atoms. The van der Waals surface area contributed by atoms with E-state index in [4.69, 9.17) is 9.72 Å². The predicted molar refractivity (Wildman–Crippen MR) is 136 cm³/mol. The molecule has 2 aromatic carbocycles.